The lowest BCUT2D eigenvalue weighted by atomic mass is 10.3. The van der Waals surface area contributed by atoms with E-state index in [9.17, 15) is 25.6 Å². The Morgan fingerprint density at radius 1 is 0.889 bits per heavy atom. The van der Waals surface area contributed by atoms with Gasteiger partial charge in [-0.2, -0.15) is 0 Å². The van der Waals surface area contributed by atoms with Crippen molar-refractivity contribution >= 4 is 42.2 Å². The van der Waals surface area contributed by atoms with Crippen LogP contribution in [-0.4, -0.2) is 21.8 Å². The summed E-state index contributed by atoms with van der Waals surface area (Å²) in [7, 11) is -8.20. The molecule has 0 fully saturated rings. The van der Waals surface area contributed by atoms with Crippen molar-refractivity contribution in [1.82, 2.24) is 4.98 Å². The molecule has 0 aliphatic heterocycles. The monoisotopic (exact) mass is 431 g/mol. The topological polar surface area (TPSA) is 105 Å². The number of thiazole rings is 1. The van der Waals surface area contributed by atoms with Crippen LogP contribution in [0.25, 0.3) is 0 Å². The highest BCUT2D eigenvalue weighted by atomic mass is 32.2. The zero-order chi connectivity index (χ0) is 19.7. The number of benzene rings is 2. The molecule has 0 unspecified atom stereocenters. The number of hydrogen-bond donors (Lipinski definition) is 2. The average Bonchev–Trinajstić information content (AvgIpc) is 3.06. The van der Waals surface area contributed by atoms with Gasteiger partial charge in [0.05, 0.1) is 4.90 Å². The molecule has 27 heavy (non-hydrogen) atoms. The number of nitrogens with one attached hydrogen (secondary N) is 2. The summed E-state index contributed by atoms with van der Waals surface area (Å²) in [5, 5.41) is 1.79. The molecule has 3 rings (SSSR count). The molecule has 0 radical (unpaired) electrons. The Morgan fingerprint density at radius 3 is 2.19 bits per heavy atom. The van der Waals surface area contributed by atoms with E-state index < -0.39 is 36.6 Å². The third-order valence-electron chi connectivity index (χ3n) is 3.25. The third kappa shape index (κ3) is 4.40. The molecular weight excluding hydrogens is 420 g/mol. The van der Waals surface area contributed by atoms with E-state index in [4.69, 9.17) is 0 Å². The highest BCUT2D eigenvalue weighted by Crippen LogP contribution is 2.22. The largest absolute Gasteiger partial charge is 0.280 e. The van der Waals surface area contributed by atoms with Crippen molar-refractivity contribution in [2.24, 2.45) is 0 Å². The Kier molecular flexibility index (Phi) is 5.13. The smallest absolute Gasteiger partial charge is 0.264 e. The van der Waals surface area contributed by atoms with Crippen molar-refractivity contribution < 1.29 is 25.6 Å². The van der Waals surface area contributed by atoms with E-state index in [0.29, 0.717) is 6.07 Å². The number of aromatic nitrogens is 1. The zero-order valence-electron chi connectivity index (χ0n) is 13.3. The fourth-order valence-electron chi connectivity index (χ4n) is 2.05. The second-order valence-electron chi connectivity index (χ2n) is 5.15. The van der Waals surface area contributed by atoms with Crippen molar-refractivity contribution in [3.8, 4) is 0 Å². The maximum absolute atomic E-state index is 13.7. The van der Waals surface area contributed by atoms with E-state index in [1.807, 2.05) is 0 Å². The SMILES string of the molecule is O=S(=O)(Nc1nccs1)c1ccc(NS(=O)(=O)c2ccc(F)cc2F)cc1. The Balaban J connectivity index is 1.81. The summed E-state index contributed by atoms with van der Waals surface area (Å²) in [6.45, 7) is 0. The maximum atomic E-state index is 13.7. The van der Waals surface area contributed by atoms with Gasteiger partial charge in [0.1, 0.15) is 16.5 Å². The fourth-order valence-corrected chi connectivity index (χ4v) is 4.96. The van der Waals surface area contributed by atoms with Crippen LogP contribution in [-0.2, 0) is 20.0 Å². The van der Waals surface area contributed by atoms with Crippen LogP contribution >= 0.6 is 11.3 Å². The van der Waals surface area contributed by atoms with Crippen LogP contribution in [0.1, 0.15) is 0 Å². The second-order valence-corrected chi connectivity index (χ2v) is 9.38. The molecule has 0 saturated carbocycles. The third-order valence-corrected chi connectivity index (χ3v) is 6.84. The lowest BCUT2D eigenvalue weighted by Gasteiger charge is -2.10. The molecule has 1 aromatic heterocycles. The van der Waals surface area contributed by atoms with Gasteiger partial charge in [-0.25, -0.2) is 30.6 Å². The van der Waals surface area contributed by atoms with Crippen molar-refractivity contribution in [3.05, 3.63) is 65.7 Å². The fraction of sp³-hybridized carbons (Fsp3) is 0. The van der Waals surface area contributed by atoms with Crippen molar-refractivity contribution in [2.75, 3.05) is 9.44 Å². The molecule has 2 N–H and O–H groups in total. The van der Waals surface area contributed by atoms with E-state index in [0.717, 1.165) is 23.5 Å². The molecule has 0 spiro atoms. The molecule has 0 amide bonds. The quantitative estimate of drug-likeness (QED) is 0.624. The van der Waals surface area contributed by atoms with Gasteiger partial charge in [-0.15, -0.1) is 11.3 Å². The maximum Gasteiger partial charge on any atom is 0.264 e. The molecule has 7 nitrogen and oxygen atoms in total. The van der Waals surface area contributed by atoms with Gasteiger partial charge in [0.15, 0.2) is 5.13 Å². The van der Waals surface area contributed by atoms with Crippen LogP contribution in [0.4, 0.5) is 19.6 Å². The van der Waals surface area contributed by atoms with Gasteiger partial charge in [0.25, 0.3) is 20.0 Å². The highest BCUT2D eigenvalue weighted by Gasteiger charge is 2.20. The van der Waals surface area contributed by atoms with E-state index >= 15 is 0 Å². The first kappa shape index (κ1) is 19.2. The van der Waals surface area contributed by atoms with E-state index in [-0.39, 0.29) is 15.7 Å². The van der Waals surface area contributed by atoms with Crippen LogP contribution in [0.3, 0.4) is 0 Å². The van der Waals surface area contributed by atoms with Crippen LogP contribution < -0.4 is 9.44 Å². The molecule has 142 valence electrons. The average molecular weight is 431 g/mol. The molecule has 0 bridgehead atoms. The molecular formula is C15H11F2N3O4S3. The minimum atomic E-state index is -4.32. The first-order valence-electron chi connectivity index (χ1n) is 7.18. The second kappa shape index (κ2) is 7.21. The molecule has 1 heterocycles. The molecule has 0 saturated heterocycles. The summed E-state index contributed by atoms with van der Waals surface area (Å²) in [5.74, 6) is -2.15. The molecule has 0 aliphatic rings. The van der Waals surface area contributed by atoms with E-state index in [2.05, 4.69) is 14.4 Å². The molecule has 0 atom stereocenters. The van der Waals surface area contributed by atoms with E-state index in [1.54, 1.807) is 5.38 Å². The van der Waals surface area contributed by atoms with Gasteiger partial charge in [-0.05, 0) is 36.4 Å². The van der Waals surface area contributed by atoms with Gasteiger partial charge in [0.2, 0.25) is 0 Å². The van der Waals surface area contributed by atoms with Crippen LogP contribution in [0.2, 0.25) is 0 Å². The van der Waals surface area contributed by atoms with Crippen LogP contribution in [0.5, 0.6) is 0 Å². The highest BCUT2D eigenvalue weighted by molar-refractivity contribution is 7.93. The van der Waals surface area contributed by atoms with Gasteiger partial charge < -0.3 is 0 Å². The number of rotatable bonds is 6. The lowest BCUT2D eigenvalue weighted by Crippen LogP contribution is -2.15. The Hall–Kier alpha value is -2.57. The van der Waals surface area contributed by atoms with Gasteiger partial charge in [-0.1, -0.05) is 0 Å². The van der Waals surface area contributed by atoms with E-state index in [1.165, 1.54) is 30.5 Å². The van der Waals surface area contributed by atoms with Crippen molar-refractivity contribution in [3.63, 3.8) is 0 Å². The Morgan fingerprint density at radius 2 is 1.59 bits per heavy atom. The number of sulfonamides is 2. The minimum absolute atomic E-state index is 0.00641. The summed E-state index contributed by atoms with van der Waals surface area (Å²) in [6, 6.07) is 6.82. The number of halogens is 2. The molecule has 0 aliphatic carbocycles. The van der Waals surface area contributed by atoms with Gasteiger partial charge >= 0.3 is 0 Å². The van der Waals surface area contributed by atoms with Gasteiger partial charge in [-0.3, -0.25) is 9.44 Å². The first-order chi connectivity index (χ1) is 12.7. The normalized spacial score (nSPS) is 11.9. The summed E-state index contributed by atoms with van der Waals surface area (Å²) >= 11 is 1.10. The zero-order valence-corrected chi connectivity index (χ0v) is 15.7. The molecule has 3 aromatic rings. The minimum Gasteiger partial charge on any atom is -0.280 e. The predicted molar refractivity (Wildman–Crippen MR) is 96.5 cm³/mol. The standard InChI is InChI=1S/C15H11F2N3O4S3/c16-10-1-6-14(13(17)9-10)27(23,24)19-11-2-4-12(5-3-11)26(21,22)20-15-18-7-8-25-15/h1-9,19H,(H,18,20). The Bertz CT molecular complexity index is 1160. The molecule has 12 heteroatoms. The summed E-state index contributed by atoms with van der Waals surface area (Å²) in [4.78, 5) is 2.97. The number of hydrogen-bond acceptors (Lipinski definition) is 6. The Labute approximate surface area is 157 Å². The number of anilines is 2. The first-order valence-corrected chi connectivity index (χ1v) is 11.0. The summed E-state index contributed by atoms with van der Waals surface area (Å²) in [5.41, 5.74) is 0.00641. The van der Waals surface area contributed by atoms with Crippen molar-refractivity contribution in [1.29, 1.82) is 0 Å². The lowest BCUT2D eigenvalue weighted by molar-refractivity contribution is 0.551. The summed E-state index contributed by atoms with van der Waals surface area (Å²) in [6.07, 6.45) is 1.44. The van der Waals surface area contributed by atoms with Crippen LogP contribution in [0.15, 0.2) is 63.8 Å². The molecule has 2 aromatic carbocycles. The summed E-state index contributed by atoms with van der Waals surface area (Å²) < 4.78 is 79.9. The van der Waals surface area contributed by atoms with Crippen molar-refractivity contribution in [2.45, 2.75) is 9.79 Å². The van der Waals surface area contributed by atoms with Crippen LogP contribution in [0, 0.1) is 11.6 Å². The predicted octanol–water partition coefficient (Wildman–Crippen LogP) is 3.02. The van der Waals surface area contributed by atoms with Gasteiger partial charge in [0, 0.05) is 23.3 Å². The number of nitrogens with zero attached hydrogens (tertiary/aromatic N) is 1.